The number of ether oxygens (including phenoxy) is 2. The predicted molar refractivity (Wildman–Crippen MR) is 80.6 cm³/mol. The van der Waals surface area contributed by atoms with E-state index in [1.54, 1.807) is 18.2 Å². The van der Waals surface area contributed by atoms with Crippen molar-refractivity contribution in [2.24, 2.45) is 5.73 Å². The fraction of sp³-hybridized carbons (Fsp3) is 0.562. The number of ketones is 1. The molecule has 112 valence electrons. The first kappa shape index (κ1) is 16.5. The summed E-state index contributed by atoms with van der Waals surface area (Å²) < 4.78 is 11.0. The number of Topliss-reactive ketones (excluding diaryl/α,β-unsaturated/α-hetero) is 1. The summed E-state index contributed by atoms with van der Waals surface area (Å²) in [5.74, 6) is 1.22. The highest BCUT2D eigenvalue weighted by atomic mass is 16.5. The number of carbonyl (C=O) groups excluding carboxylic acids is 1. The number of nitrogens with two attached hydrogens (primary N) is 1. The van der Waals surface area contributed by atoms with Crippen LogP contribution in [0.4, 0.5) is 0 Å². The van der Waals surface area contributed by atoms with Crippen LogP contribution in [0.25, 0.3) is 0 Å². The predicted octanol–water partition coefficient (Wildman–Crippen LogP) is 3.18. The van der Waals surface area contributed by atoms with Gasteiger partial charge in [0.2, 0.25) is 0 Å². The lowest BCUT2D eigenvalue weighted by atomic mass is 10.00. The number of carbonyl (C=O) groups is 1. The first-order valence-electron chi connectivity index (χ1n) is 7.33. The summed E-state index contributed by atoms with van der Waals surface area (Å²) >= 11 is 0. The van der Waals surface area contributed by atoms with Crippen LogP contribution in [0.5, 0.6) is 11.5 Å². The van der Waals surface area contributed by atoms with Gasteiger partial charge in [-0.15, -0.1) is 0 Å². The van der Waals surface area contributed by atoms with E-state index in [1.165, 1.54) is 0 Å². The maximum absolute atomic E-state index is 12.3. The van der Waals surface area contributed by atoms with Gasteiger partial charge >= 0.3 is 0 Å². The number of rotatable bonds is 9. The minimum absolute atomic E-state index is 0.0394. The van der Waals surface area contributed by atoms with Crippen molar-refractivity contribution in [2.45, 2.75) is 46.1 Å². The van der Waals surface area contributed by atoms with Crippen molar-refractivity contribution in [1.82, 2.24) is 0 Å². The molecule has 1 rings (SSSR count). The average molecular weight is 279 g/mol. The Morgan fingerprint density at radius 3 is 2.40 bits per heavy atom. The third-order valence-electron chi connectivity index (χ3n) is 3.03. The van der Waals surface area contributed by atoms with Gasteiger partial charge in [0.05, 0.1) is 19.3 Å². The van der Waals surface area contributed by atoms with E-state index in [-0.39, 0.29) is 5.78 Å². The molecule has 1 aromatic carbocycles. The fourth-order valence-electron chi connectivity index (χ4n) is 1.97. The molecule has 0 amide bonds. The summed E-state index contributed by atoms with van der Waals surface area (Å²) in [4.78, 5) is 12.3. The lowest BCUT2D eigenvalue weighted by Crippen LogP contribution is -2.30. The van der Waals surface area contributed by atoms with Crippen LogP contribution in [-0.2, 0) is 0 Å². The maximum Gasteiger partial charge on any atom is 0.179 e. The monoisotopic (exact) mass is 279 g/mol. The van der Waals surface area contributed by atoms with Gasteiger partial charge in [0.15, 0.2) is 17.3 Å². The molecule has 1 atom stereocenters. The van der Waals surface area contributed by atoms with E-state index < -0.39 is 6.04 Å². The van der Waals surface area contributed by atoms with Crippen LogP contribution >= 0.6 is 0 Å². The molecular formula is C16H25NO3. The quantitative estimate of drug-likeness (QED) is 0.705. The number of benzene rings is 1. The molecule has 0 bridgehead atoms. The molecule has 0 heterocycles. The van der Waals surface area contributed by atoms with E-state index in [2.05, 4.69) is 6.92 Å². The van der Waals surface area contributed by atoms with Gasteiger partial charge in [0.1, 0.15) is 0 Å². The molecule has 20 heavy (non-hydrogen) atoms. The molecule has 1 aromatic rings. The standard InChI is InChI=1S/C16H25NO3/c1-4-7-8-13(17)16(18)12-9-10-14(19-5-2)15(11-12)20-6-3/h9-11,13H,4-8,17H2,1-3H3. The van der Waals surface area contributed by atoms with E-state index >= 15 is 0 Å². The van der Waals surface area contributed by atoms with Crippen LogP contribution < -0.4 is 15.2 Å². The third kappa shape index (κ3) is 4.53. The molecule has 0 aliphatic heterocycles. The molecule has 0 fully saturated rings. The SMILES string of the molecule is CCCCC(N)C(=O)c1ccc(OCC)c(OCC)c1. The first-order chi connectivity index (χ1) is 9.63. The molecule has 0 saturated carbocycles. The van der Waals surface area contributed by atoms with Gasteiger partial charge in [-0.25, -0.2) is 0 Å². The summed E-state index contributed by atoms with van der Waals surface area (Å²) in [6.07, 6.45) is 2.71. The normalized spacial score (nSPS) is 12.0. The summed E-state index contributed by atoms with van der Waals surface area (Å²) in [6, 6.07) is 4.81. The molecule has 4 nitrogen and oxygen atoms in total. The minimum atomic E-state index is -0.442. The van der Waals surface area contributed by atoms with Crippen LogP contribution in [0, 0.1) is 0 Å². The zero-order chi connectivity index (χ0) is 15.0. The van der Waals surface area contributed by atoms with Crippen LogP contribution in [0.3, 0.4) is 0 Å². The molecule has 4 heteroatoms. The Balaban J connectivity index is 2.89. The molecule has 2 N–H and O–H groups in total. The molecule has 0 aliphatic carbocycles. The van der Waals surface area contributed by atoms with Crippen molar-refractivity contribution in [2.75, 3.05) is 13.2 Å². The zero-order valence-electron chi connectivity index (χ0n) is 12.6. The lowest BCUT2D eigenvalue weighted by molar-refractivity contribution is 0.0955. The largest absolute Gasteiger partial charge is 0.490 e. The molecule has 0 aliphatic rings. The highest BCUT2D eigenvalue weighted by molar-refractivity contribution is 6.00. The van der Waals surface area contributed by atoms with E-state index in [0.29, 0.717) is 36.7 Å². The second-order valence-electron chi connectivity index (χ2n) is 4.64. The van der Waals surface area contributed by atoms with Crippen molar-refractivity contribution in [3.63, 3.8) is 0 Å². The molecule has 0 spiro atoms. The van der Waals surface area contributed by atoms with E-state index in [9.17, 15) is 4.79 Å². The van der Waals surface area contributed by atoms with Gasteiger partial charge < -0.3 is 15.2 Å². The van der Waals surface area contributed by atoms with Gasteiger partial charge in [0.25, 0.3) is 0 Å². The van der Waals surface area contributed by atoms with E-state index in [1.807, 2.05) is 13.8 Å². The summed E-state index contributed by atoms with van der Waals surface area (Å²) in [5.41, 5.74) is 6.52. The second-order valence-corrected chi connectivity index (χ2v) is 4.64. The molecular weight excluding hydrogens is 254 g/mol. The molecule has 1 unspecified atom stereocenters. The van der Waals surface area contributed by atoms with Crippen molar-refractivity contribution >= 4 is 5.78 Å². The topological polar surface area (TPSA) is 61.6 Å². The molecule has 0 radical (unpaired) electrons. The highest BCUT2D eigenvalue weighted by Crippen LogP contribution is 2.29. The Hall–Kier alpha value is -1.55. The smallest absolute Gasteiger partial charge is 0.179 e. The third-order valence-corrected chi connectivity index (χ3v) is 3.03. The van der Waals surface area contributed by atoms with Crippen molar-refractivity contribution < 1.29 is 14.3 Å². The van der Waals surface area contributed by atoms with Crippen LogP contribution in [0.1, 0.15) is 50.4 Å². The Morgan fingerprint density at radius 1 is 1.15 bits per heavy atom. The summed E-state index contributed by atoms with van der Waals surface area (Å²) in [6.45, 7) is 6.98. The molecule has 0 saturated heterocycles. The van der Waals surface area contributed by atoms with Gasteiger partial charge in [-0.05, 0) is 38.5 Å². The number of unbranched alkanes of at least 4 members (excludes halogenated alkanes) is 1. The first-order valence-corrected chi connectivity index (χ1v) is 7.33. The average Bonchev–Trinajstić information content (AvgIpc) is 2.46. The Labute approximate surface area is 121 Å². The zero-order valence-corrected chi connectivity index (χ0v) is 12.6. The highest BCUT2D eigenvalue weighted by Gasteiger charge is 2.17. The summed E-state index contributed by atoms with van der Waals surface area (Å²) in [7, 11) is 0. The number of hydrogen-bond donors (Lipinski definition) is 1. The summed E-state index contributed by atoms with van der Waals surface area (Å²) in [5, 5.41) is 0. The van der Waals surface area contributed by atoms with Crippen molar-refractivity contribution in [3.05, 3.63) is 23.8 Å². The molecule has 0 aromatic heterocycles. The van der Waals surface area contributed by atoms with Gasteiger partial charge in [-0.2, -0.15) is 0 Å². The van der Waals surface area contributed by atoms with Gasteiger partial charge in [-0.1, -0.05) is 19.8 Å². The van der Waals surface area contributed by atoms with Crippen molar-refractivity contribution in [3.8, 4) is 11.5 Å². The van der Waals surface area contributed by atoms with Crippen molar-refractivity contribution in [1.29, 1.82) is 0 Å². The Kier molecular flexibility index (Phi) is 7.09. The number of hydrogen-bond acceptors (Lipinski definition) is 4. The van der Waals surface area contributed by atoms with Crippen LogP contribution in [0.2, 0.25) is 0 Å². The van der Waals surface area contributed by atoms with Crippen LogP contribution in [0.15, 0.2) is 18.2 Å². The maximum atomic E-state index is 12.3. The van der Waals surface area contributed by atoms with Gasteiger partial charge in [-0.3, -0.25) is 4.79 Å². The fourth-order valence-corrected chi connectivity index (χ4v) is 1.97. The van der Waals surface area contributed by atoms with Crippen LogP contribution in [-0.4, -0.2) is 25.0 Å². The van der Waals surface area contributed by atoms with E-state index in [4.69, 9.17) is 15.2 Å². The minimum Gasteiger partial charge on any atom is -0.490 e. The Morgan fingerprint density at radius 2 is 1.80 bits per heavy atom. The lowest BCUT2D eigenvalue weighted by Gasteiger charge is -2.14. The second kappa shape index (κ2) is 8.59. The van der Waals surface area contributed by atoms with E-state index in [0.717, 1.165) is 12.8 Å². The van der Waals surface area contributed by atoms with Gasteiger partial charge in [0, 0.05) is 5.56 Å². The Bertz CT molecular complexity index is 432.